The van der Waals surface area contributed by atoms with Gasteiger partial charge in [-0.2, -0.15) is 0 Å². The molecule has 2 aromatic rings. The Hall–Kier alpha value is -2.05. The van der Waals surface area contributed by atoms with E-state index in [1.165, 1.54) is 37.1 Å². The van der Waals surface area contributed by atoms with Crippen molar-refractivity contribution in [3.05, 3.63) is 71.3 Å². The first kappa shape index (κ1) is 15.8. The molecule has 1 aromatic carbocycles. The molecular weight excluding hydrogens is 315 g/mol. The molecule has 23 heavy (non-hydrogen) atoms. The van der Waals surface area contributed by atoms with Crippen LogP contribution in [0.1, 0.15) is 11.1 Å². The summed E-state index contributed by atoms with van der Waals surface area (Å²) in [5.74, 6) is 0.379. The molecule has 1 aliphatic rings. The fourth-order valence-electron chi connectivity index (χ4n) is 2.66. The fourth-order valence-corrected chi connectivity index (χ4v) is 3.71. The zero-order chi connectivity index (χ0) is 16.4. The lowest BCUT2D eigenvalue weighted by Crippen LogP contribution is -2.42. The summed E-state index contributed by atoms with van der Waals surface area (Å²) in [6, 6.07) is 7.91. The number of aromatic nitrogens is 1. The summed E-state index contributed by atoms with van der Waals surface area (Å²) in [5, 5.41) is 12.0. The van der Waals surface area contributed by atoms with Gasteiger partial charge in [0, 0.05) is 24.5 Å². The lowest BCUT2D eigenvalue weighted by atomic mass is 10.0. The molecule has 0 bridgehead atoms. The molecule has 1 atom stereocenters. The van der Waals surface area contributed by atoms with Crippen molar-refractivity contribution < 1.29 is 14.2 Å². The normalized spacial score (nSPS) is 20.8. The Balaban J connectivity index is 2.02. The Labute approximate surface area is 138 Å². The molecular formula is C17H17FN2O2S. The number of hydrogen-bond donors (Lipinski definition) is 1. The molecule has 1 saturated heterocycles. The second-order valence-electron chi connectivity index (χ2n) is 5.29. The highest BCUT2D eigenvalue weighted by Crippen LogP contribution is 2.47. The lowest BCUT2D eigenvalue weighted by Gasteiger charge is -2.35. The molecule has 0 spiro atoms. The third-order valence-electron chi connectivity index (χ3n) is 3.84. The van der Waals surface area contributed by atoms with Crippen molar-refractivity contribution >= 4 is 11.8 Å². The molecule has 6 heteroatoms. The maximum atomic E-state index is 13.7. The van der Waals surface area contributed by atoms with Gasteiger partial charge >= 0.3 is 0 Å². The molecule has 0 amide bonds. The first-order chi connectivity index (χ1) is 11.0. The van der Waals surface area contributed by atoms with E-state index in [1.54, 1.807) is 17.3 Å². The molecule has 3 rings (SSSR count). The van der Waals surface area contributed by atoms with Gasteiger partial charge in [-0.1, -0.05) is 12.6 Å². The van der Waals surface area contributed by atoms with E-state index < -0.39 is 11.5 Å². The third-order valence-corrected chi connectivity index (χ3v) is 4.94. The number of methoxy groups -OCH3 is 1. The van der Waals surface area contributed by atoms with Gasteiger partial charge in [0.25, 0.3) is 0 Å². The Morgan fingerprint density at radius 1 is 1.48 bits per heavy atom. The Kier molecular flexibility index (Phi) is 4.28. The molecule has 120 valence electrons. The highest BCUT2D eigenvalue weighted by atomic mass is 32.2. The Morgan fingerprint density at radius 2 is 2.30 bits per heavy atom. The van der Waals surface area contributed by atoms with Crippen LogP contribution in [0.3, 0.4) is 0 Å². The van der Waals surface area contributed by atoms with Gasteiger partial charge in [-0.05, 0) is 29.8 Å². The van der Waals surface area contributed by atoms with Crippen LogP contribution in [-0.4, -0.2) is 27.9 Å². The molecule has 0 saturated carbocycles. The number of halogens is 1. The van der Waals surface area contributed by atoms with Gasteiger partial charge in [-0.15, -0.1) is 11.8 Å². The SMILES string of the molecule is C=C1SCC(O)(c2cc(F)ccc2OC)N1Cc1cccnc1. The van der Waals surface area contributed by atoms with Gasteiger partial charge < -0.3 is 14.7 Å². The van der Waals surface area contributed by atoms with Gasteiger partial charge in [0.15, 0.2) is 5.72 Å². The number of pyridine rings is 1. The summed E-state index contributed by atoms with van der Waals surface area (Å²) in [6.07, 6.45) is 3.43. The minimum Gasteiger partial charge on any atom is -0.496 e. The smallest absolute Gasteiger partial charge is 0.178 e. The number of hydrogen-bond acceptors (Lipinski definition) is 5. The molecule has 1 N–H and O–H groups in total. The highest BCUT2D eigenvalue weighted by molar-refractivity contribution is 8.03. The number of nitrogens with zero attached hydrogens (tertiary/aromatic N) is 2. The Morgan fingerprint density at radius 3 is 3.00 bits per heavy atom. The average Bonchev–Trinajstić information content (AvgIpc) is 2.85. The topological polar surface area (TPSA) is 45.6 Å². The van der Waals surface area contributed by atoms with E-state index in [1.807, 2.05) is 12.1 Å². The van der Waals surface area contributed by atoms with E-state index in [0.29, 0.717) is 23.6 Å². The maximum Gasteiger partial charge on any atom is 0.178 e. The fraction of sp³-hybridized carbons (Fsp3) is 0.235. The first-order valence-electron chi connectivity index (χ1n) is 7.09. The second-order valence-corrected chi connectivity index (χ2v) is 6.34. The lowest BCUT2D eigenvalue weighted by molar-refractivity contribution is -0.0698. The van der Waals surface area contributed by atoms with Crippen molar-refractivity contribution in [2.45, 2.75) is 12.3 Å². The third kappa shape index (κ3) is 2.92. The molecule has 1 unspecified atom stereocenters. The van der Waals surface area contributed by atoms with E-state index >= 15 is 0 Å². The summed E-state index contributed by atoms with van der Waals surface area (Å²) in [6.45, 7) is 4.43. The van der Waals surface area contributed by atoms with Gasteiger partial charge in [0.05, 0.1) is 17.9 Å². The standard InChI is InChI=1S/C17H17FN2O2S/c1-12-20(10-13-4-3-7-19-9-13)17(21,11-23-12)15-8-14(18)5-6-16(15)22-2/h3-9,21H,1,10-11H2,2H3. The van der Waals surface area contributed by atoms with Crippen molar-refractivity contribution in [3.63, 3.8) is 0 Å². The molecule has 4 nitrogen and oxygen atoms in total. The summed E-state index contributed by atoms with van der Waals surface area (Å²) in [7, 11) is 1.50. The van der Waals surface area contributed by atoms with E-state index in [-0.39, 0.29) is 0 Å². The van der Waals surface area contributed by atoms with Crippen molar-refractivity contribution in [1.29, 1.82) is 0 Å². The minimum atomic E-state index is -1.38. The zero-order valence-electron chi connectivity index (χ0n) is 12.7. The van der Waals surface area contributed by atoms with E-state index in [0.717, 1.165) is 10.6 Å². The number of benzene rings is 1. The number of rotatable bonds is 4. The number of thioether (sulfide) groups is 1. The minimum absolute atomic E-state index is 0.353. The van der Waals surface area contributed by atoms with Gasteiger partial charge in [0.1, 0.15) is 11.6 Å². The van der Waals surface area contributed by atoms with Crippen LogP contribution in [0.4, 0.5) is 4.39 Å². The van der Waals surface area contributed by atoms with Crippen molar-refractivity contribution in [2.24, 2.45) is 0 Å². The molecule has 1 aromatic heterocycles. The van der Waals surface area contributed by atoms with Crippen molar-refractivity contribution in [2.75, 3.05) is 12.9 Å². The van der Waals surface area contributed by atoms with Crippen molar-refractivity contribution in [1.82, 2.24) is 9.88 Å². The van der Waals surface area contributed by atoms with Crippen LogP contribution in [0.5, 0.6) is 5.75 Å². The number of ether oxygens (including phenoxy) is 1. The van der Waals surface area contributed by atoms with Crippen LogP contribution >= 0.6 is 11.8 Å². The van der Waals surface area contributed by atoms with E-state index in [9.17, 15) is 9.50 Å². The molecule has 1 aliphatic heterocycles. The highest BCUT2D eigenvalue weighted by Gasteiger charge is 2.45. The van der Waals surface area contributed by atoms with Crippen LogP contribution in [0, 0.1) is 5.82 Å². The molecule has 0 radical (unpaired) electrons. The van der Waals surface area contributed by atoms with Crippen LogP contribution < -0.4 is 4.74 Å². The predicted molar refractivity (Wildman–Crippen MR) is 88.2 cm³/mol. The van der Waals surface area contributed by atoms with Gasteiger partial charge in [0.2, 0.25) is 0 Å². The molecule has 1 fully saturated rings. The van der Waals surface area contributed by atoms with Crippen LogP contribution in [0.2, 0.25) is 0 Å². The second kappa shape index (κ2) is 6.22. The first-order valence-corrected chi connectivity index (χ1v) is 8.08. The van der Waals surface area contributed by atoms with Crippen LogP contribution in [0.15, 0.2) is 54.3 Å². The largest absolute Gasteiger partial charge is 0.496 e. The molecule has 0 aliphatic carbocycles. The summed E-state index contributed by atoms with van der Waals surface area (Å²) < 4.78 is 19.0. The van der Waals surface area contributed by atoms with Crippen molar-refractivity contribution in [3.8, 4) is 5.75 Å². The van der Waals surface area contributed by atoms with E-state index in [2.05, 4.69) is 11.6 Å². The maximum absolute atomic E-state index is 13.7. The number of aliphatic hydroxyl groups is 1. The van der Waals surface area contributed by atoms with Crippen LogP contribution in [0.25, 0.3) is 0 Å². The monoisotopic (exact) mass is 332 g/mol. The quantitative estimate of drug-likeness (QED) is 0.932. The van der Waals surface area contributed by atoms with Crippen LogP contribution in [-0.2, 0) is 12.3 Å². The Bertz CT molecular complexity index is 726. The van der Waals surface area contributed by atoms with E-state index in [4.69, 9.17) is 4.74 Å². The summed E-state index contributed by atoms with van der Waals surface area (Å²) in [4.78, 5) is 5.85. The molecule has 2 heterocycles. The summed E-state index contributed by atoms with van der Waals surface area (Å²) >= 11 is 1.43. The average molecular weight is 332 g/mol. The zero-order valence-corrected chi connectivity index (χ0v) is 13.5. The van der Waals surface area contributed by atoms with Gasteiger partial charge in [-0.25, -0.2) is 4.39 Å². The van der Waals surface area contributed by atoms with Gasteiger partial charge in [-0.3, -0.25) is 4.98 Å². The summed E-state index contributed by atoms with van der Waals surface area (Å²) in [5.41, 5.74) is -0.0506. The predicted octanol–water partition coefficient (Wildman–Crippen LogP) is 3.09.